The Morgan fingerprint density at radius 1 is 1.43 bits per heavy atom. The summed E-state index contributed by atoms with van der Waals surface area (Å²) in [5, 5.41) is 8.58. The lowest BCUT2D eigenvalue weighted by Gasteiger charge is -2.03. The number of furan rings is 1. The summed E-state index contributed by atoms with van der Waals surface area (Å²) >= 11 is 0. The first-order valence-corrected chi connectivity index (χ1v) is 5.06. The van der Waals surface area contributed by atoms with Gasteiger partial charge in [0.2, 0.25) is 0 Å². The van der Waals surface area contributed by atoms with Crippen LogP contribution in [0.1, 0.15) is 43.1 Å². The molecule has 14 heavy (non-hydrogen) atoms. The lowest BCUT2D eigenvalue weighted by molar-refractivity contribution is -0.136. The number of rotatable bonds is 3. The zero-order chi connectivity index (χ0) is 9.97. The monoisotopic (exact) mass is 194 g/mol. The van der Waals surface area contributed by atoms with Crippen molar-refractivity contribution in [1.82, 2.24) is 0 Å². The van der Waals surface area contributed by atoms with E-state index in [0.29, 0.717) is 11.7 Å². The molecular weight excluding hydrogens is 180 g/mol. The third kappa shape index (κ3) is 1.97. The minimum absolute atomic E-state index is 0.00722. The van der Waals surface area contributed by atoms with Crippen LogP contribution in [0.25, 0.3) is 0 Å². The second kappa shape index (κ2) is 3.86. The summed E-state index contributed by atoms with van der Waals surface area (Å²) in [5.74, 6) is 1.23. The molecule has 1 aromatic heterocycles. The molecule has 2 rings (SSSR count). The molecule has 0 radical (unpaired) electrons. The first kappa shape index (κ1) is 9.31. The minimum Gasteiger partial charge on any atom is -0.481 e. The molecule has 1 fully saturated rings. The van der Waals surface area contributed by atoms with Gasteiger partial charge in [-0.25, -0.2) is 0 Å². The maximum Gasteiger partial charge on any atom is 0.311 e. The third-order valence-electron chi connectivity index (χ3n) is 2.77. The van der Waals surface area contributed by atoms with Crippen LogP contribution in [-0.2, 0) is 11.2 Å². The van der Waals surface area contributed by atoms with Gasteiger partial charge < -0.3 is 9.52 Å². The quantitative estimate of drug-likeness (QED) is 0.804. The smallest absolute Gasteiger partial charge is 0.311 e. The molecule has 0 saturated heterocycles. The van der Waals surface area contributed by atoms with Gasteiger partial charge in [-0.15, -0.1) is 0 Å². The van der Waals surface area contributed by atoms with Crippen LogP contribution in [0.2, 0.25) is 0 Å². The molecular formula is C11H14O3. The Bertz CT molecular complexity index is 321. The van der Waals surface area contributed by atoms with E-state index in [4.69, 9.17) is 9.52 Å². The molecule has 0 bridgehead atoms. The maximum atomic E-state index is 10.4. The molecule has 1 heterocycles. The molecule has 1 aromatic rings. The molecule has 0 atom stereocenters. The maximum absolute atomic E-state index is 10.4. The second-order valence-corrected chi connectivity index (χ2v) is 3.86. The lowest BCUT2D eigenvalue weighted by Crippen LogP contribution is -1.98. The van der Waals surface area contributed by atoms with E-state index in [9.17, 15) is 4.79 Å². The summed E-state index contributed by atoms with van der Waals surface area (Å²) in [6.07, 6.45) is 4.88. The van der Waals surface area contributed by atoms with Crippen molar-refractivity contribution < 1.29 is 14.3 Å². The van der Waals surface area contributed by atoms with Crippen LogP contribution in [-0.4, -0.2) is 11.1 Å². The van der Waals surface area contributed by atoms with Gasteiger partial charge in [0.05, 0.1) is 0 Å². The van der Waals surface area contributed by atoms with Gasteiger partial charge in [-0.05, 0) is 25.0 Å². The second-order valence-electron chi connectivity index (χ2n) is 3.86. The highest BCUT2D eigenvalue weighted by Gasteiger charge is 2.20. The summed E-state index contributed by atoms with van der Waals surface area (Å²) in [6.45, 7) is 0. The topological polar surface area (TPSA) is 50.4 Å². The van der Waals surface area contributed by atoms with Crippen LogP contribution in [0.4, 0.5) is 0 Å². The van der Waals surface area contributed by atoms with Gasteiger partial charge in [-0.2, -0.15) is 0 Å². The van der Waals surface area contributed by atoms with Crippen LogP contribution in [0.3, 0.4) is 0 Å². The molecule has 1 aliphatic rings. The number of carbonyl (C=O) groups is 1. The Kier molecular flexibility index (Phi) is 2.57. The van der Waals surface area contributed by atoms with Gasteiger partial charge >= 0.3 is 5.97 Å². The Hall–Kier alpha value is -1.25. The normalized spacial score (nSPS) is 17.4. The van der Waals surface area contributed by atoms with E-state index in [1.165, 1.54) is 25.7 Å². The molecule has 3 nitrogen and oxygen atoms in total. The number of hydrogen-bond donors (Lipinski definition) is 1. The van der Waals surface area contributed by atoms with Crippen LogP contribution in [0, 0.1) is 0 Å². The van der Waals surface area contributed by atoms with Gasteiger partial charge in [0.25, 0.3) is 0 Å². The summed E-state index contributed by atoms with van der Waals surface area (Å²) in [7, 11) is 0. The van der Waals surface area contributed by atoms with E-state index in [0.717, 1.165) is 5.76 Å². The van der Waals surface area contributed by atoms with Crippen molar-refractivity contribution in [1.29, 1.82) is 0 Å². The van der Waals surface area contributed by atoms with Crippen LogP contribution in [0.15, 0.2) is 16.5 Å². The SMILES string of the molecule is O=C(O)Cc1ccc(C2CCCC2)o1. The molecule has 0 aliphatic heterocycles. The number of aliphatic carboxylic acids is 1. The number of hydrogen-bond acceptors (Lipinski definition) is 2. The Balaban J connectivity index is 2.05. The van der Waals surface area contributed by atoms with Crippen LogP contribution in [0.5, 0.6) is 0 Å². The average Bonchev–Trinajstić information content (AvgIpc) is 2.69. The molecule has 0 amide bonds. The fourth-order valence-electron chi connectivity index (χ4n) is 2.07. The number of carboxylic acid groups (broad SMARTS) is 1. The van der Waals surface area contributed by atoms with E-state index in [2.05, 4.69) is 0 Å². The zero-order valence-corrected chi connectivity index (χ0v) is 8.03. The third-order valence-corrected chi connectivity index (χ3v) is 2.77. The molecule has 1 aliphatic carbocycles. The molecule has 3 heteroatoms. The van der Waals surface area contributed by atoms with Crippen molar-refractivity contribution in [2.75, 3.05) is 0 Å². The van der Waals surface area contributed by atoms with Crippen molar-refractivity contribution >= 4 is 5.97 Å². The average molecular weight is 194 g/mol. The van der Waals surface area contributed by atoms with E-state index in [1.807, 2.05) is 6.07 Å². The number of carboxylic acids is 1. The Morgan fingerprint density at radius 3 is 2.79 bits per heavy atom. The zero-order valence-electron chi connectivity index (χ0n) is 8.03. The fraction of sp³-hybridized carbons (Fsp3) is 0.545. The minimum atomic E-state index is -0.836. The van der Waals surface area contributed by atoms with Crippen molar-refractivity contribution in [3.05, 3.63) is 23.7 Å². The van der Waals surface area contributed by atoms with Gasteiger partial charge in [0, 0.05) is 5.92 Å². The molecule has 0 unspecified atom stereocenters. The van der Waals surface area contributed by atoms with E-state index < -0.39 is 5.97 Å². The molecule has 1 N–H and O–H groups in total. The summed E-state index contributed by atoms with van der Waals surface area (Å²) in [6, 6.07) is 3.70. The Morgan fingerprint density at radius 2 is 2.14 bits per heavy atom. The largest absolute Gasteiger partial charge is 0.481 e. The van der Waals surface area contributed by atoms with E-state index in [-0.39, 0.29) is 6.42 Å². The highest BCUT2D eigenvalue weighted by atomic mass is 16.4. The van der Waals surface area contributed by atoms with Crippen LogP contribution >= 0.6 is 0 Å². The van der Waals surface area contributed by atoms with Gasteiger partial charge in [-0.3, -0.25) is 4.79 Å². The van der Waals surface area contributed by atoms with Crippen LogP contribution < -0.4 is 0 Å². The van der Waals surface area contributed by atoms with Crippen molar-refractivity contribution in [2.45, 2.75) is 38.0 Å². The van der Waals surface area contributed by atoms with Gasteiger partial charge in [0.15, 0.2) is 0 Å². The van der Waals surface area contributed by atoms with E-state index in [1.54, 1.807) is 6.07 Å². The summed E-state index contributed by atoms with van der Waals surface area (Å²) in [5.41, 5.74) is 0. The summed E-state index contributed by atoms with van der Waals surface area (Å²) in [4.78, 5) is 10.4. The van der Waals surface area contributed by atoms with Crippen molar-refractivity contribution in [2.24, 2.45) is 0 Å². The molecule has 76 valence electrons. The highest BCUT2D eigenvalue weighted by Crippen LogP contribution is 2.34. The molecule has 1 saturated carbocycles. The predicted molar refractivity (Wildman–Crippen MR) is 51.3 cm³/mol. The van der Waals surface area contributed by atoms with E-state index >= 15 is 0 Å². The van der Waals surface area contributed by atoms with Gasteiger partial charge in [-0.1, -0.05) is 12.8 Å². The standard InChI is InChI=1S/C11H14O3/c12-11(13)7-9-5-6-10(14-9)8-3-1-2-4-8/h5-6,8H,1-4,7H2,(H,12,13). The first-order valence-electron chi connectivity index (χ1n) is 5.06. The predicted octanol–water partition coefficient (Wildman–Crippen LogP) is 2.56. The van der Waals surface area contributed by atoms with Crippen molar-refractivity contribution in [3.63, 3.8) is 0 Å². The molecule has 0 aromatic carbocycles. The highest BCUT2D eigenvalue weighted by molar-refractivity contribution is 5.69. The molecule has 0 spiro atoms. The fourth-order valence-corrected chi connectivity index (χ4v) is 2.07. The lowest BCUT2D eigenvalue weighted by atomic mass is 10.1. The van der Waals surface area contributed by atoms with Crippen molar-refractivity contribution in [3.8, 4) is 0 Å². The Labute approximate surface area is 82.7 Å². The summed E-state index contributed by atoms with van der Waals surface area (Å²) < 4.78 is 5.50. The first-order chi connectivity index (χ1) is 6.75. The van der Waals surface area contributed by atoms with Gasteiger partial charge in [0.1, 0.15) is 17.9 Å².